The second kappa shape index (κ2) is 8.73. The number of amides is 2. The van der Waals surface area contributed by atoms with Crippen molar-refractivity contribution in [2.45, 2.75) is 20.4 Å². The molecule has 4 rings (SSSR count). The summed E-state index contributed by atoms with van der Waals surface area (Å²) in [5, 5.41) is 3.60. The molecule has 160 valence electrons. The Hall–Kier alpha value is -3.45. The Balaban J connectivity index is 1.59. The van der Waals surface area contributed by atoms with Crippen LogP contribution < -0.4 is 5.32 Å². The van der Waals surface area contributed by atoms with Crippen LogP contribution in [0.5, 0.6) is 0 Å². The largest absolute Gasteiger partial charge is 0.378 e. The molecule has 7 nitrogen and oxygen atoms in total. The number of nitrogens with zero attached hydrogens (tertiary/aromatic N) is 2. The first-order valence-electron chi connectivity index (χ1n) is 10.3. The van der Waals surface area contributed by atoms with Crippen LogP contribution in [0.3, 0.4) is 0 Å². The molecule has 2 amide bonds. The van der Waals surface area contributed by atoms with Crippen molar-refractivity contribution in [3.8, 4) is 0 Å². The molecule has 1 aromatic heterocycles. The molecule has 0 radical (unpaired) electrons. The Kier molecular flexibility index (Phi) is 5.86. The number of morpholine rings is 1. The number of hydrogen-bond acceptors (Lipinski definition) is 4. The summed E-state index contributed by atoms with van der Waals surface area (Å²) in [6.45, 7) is 5.66. The number of hydrogen-bond donors (Lipinski definition) is 1. The second-order valence-electron chi connectivity index (χ2n) is 7.72. The smallest absolute Gasteiger partial charge is 0.295 e. The number of nitrogens with one attached hydrogen (secondary N) is 1. The molecule has 0 aliphatic carbocycles. The topological polar surface area (TPSA) is 80.6 Å². The van der Waals surface area contributed by atoms with E-state index in [-0.39, 0.29) is 12.5 Å². The molecule has 2 aromatic carbocycles. The number of ketones is 1. The highest BCUT2D eigenvalue weighted by Gasteiger charge is 2.27. The monoisotopic (exact) mass is 419 g/mol. The quantitative estimate of drug-likeness (QED) is 0.509. The fourth-order valence-electron chi connectivity index (χ4n) is 3.81. The van der Waals surface area contributed by atoms with Crippen LogP contribution in [-0.4, -0.2) is 53.4 Å². The van der Waals surface area contributed by atoms with Gasteiger partial charge in [0.2, 0.25) is 5.91 Å². The number of carbonyl (C=O) groups is 3. The zero-order valence-corrected chi connectivity index (χ0v) is 17.7. The van der Waals surface area contributed by atoms with Crippen LogP contribution in [0.25, 0.3) is 10.9 Å². The van der Waals surface area contributed by atoms with Crippen molar-refractivity contribution in [3.05, 3.63) is 65.4 Å². The minimum absolute atomic E-state index is 0.0346. The van der Waals surface area contributed by atoms with Gasteiger partial charge in [0.25, 0.3) is 11.7 Å². The predicted molar refractivity (Wildman–Crippen MR) is 118 cm³/mol. The first-order chi connectivity index (χ1) is 15.0. The third-order valence-corrected chi connectivity index (χ3v) is 5.72. The van der Waals surface area contributed by atoms with Crippen molar-refractivity contribution >= 4 is 34.2 Å². The first-order valence-corrected chi connectivity index (χ1v) is 10.3. The van der Waals surface area contributed by atoms with Gasteiger partial charge in [0, 0.05) is 35.9 Å². The zero-order chi connectivity index (χ0) is 22.0. The molecular weight excluding hydrogens is 394 g/mol. The third-order valence-electron chi connectivity index (χ3n) is 5.72. The number of rotatable bonds is 5. The fourth-order valence-corrected chi connectivity index (χ4v) is 3.81. The average Bonchev–Trinajstić information content (AvgIpc) is 3.15. The van der Waals surface area contributed by atoms with Crippen molar-refractivity contribution < 1.29 is 19.1 Å². The van der Waals surface area contributed by atoms with Gasteiger partial charge in [-0.15, -0.1) is 0 Å². The third kappa shape index (κ3) is 4.22. The van der Waals surface area contributed by atoms with Crippen LogP contribution >= 0.6 is 0 Å². The molecule has 1 saturated heterocycles. The van der Waals surface area contributed by atoms with E-state index < -0.39 is 11.7 Å². The van der Waals surface area contributed by atoms with Crippen LogP contribution in [0, 0.1) is 13.8 Å². The molecular formula is C24H25N3O4. The molecule has 3 aromatic rings. The summed E-state index contributed by atoms with van der Waals surface area (Å²) >= 11 is 0. The molecule has 1 N–H and O–H groups in total. The van der Waals surface area contributed by atoms with Crippen molar-refractivity contribution in [1.29, 1.82) is 0 Å². The molecule has 0 spiro atoms. The predicted octanol–water partition coefficient (Wildman–Crippen LogP) is 2.94. The minimum Gasteiger partial charge on any atom is -0.378 e. The Bertz CT molecular complexity index is 1160. The van der Waals surface area contributed by atoms with Gasteiger partial charge in [-0.3, -0.25) is 14.4 Å². The maximum Gasteiger partial charge on any atom is 0.295 e. The van der Waals surface area contributed by atoms with Crippen LogP contribution in [0.2, 0.25) is 0 Å². The molecule has 1 fully saturated rings. The van der Waals surface area contributed by atoms with E-state index in [0.717, 1.165) is 22.3 Å². The fraction of sp³-hybridized carbons (Fsp3) is 0.292. The van der Waals surface area contributed by atoms with Crippen molar-refractivity contribution in [2.24, 2.45) is 0 Å². The highest BCUT2D eigenvalue weighted by Crippen LogP contribution is 2.23. The molecule has 2 heterocycles. The first kappa shape index (κ1) is 20.8. The van der Waals surface area contributed by atoms with E-state index in [0.29, 0.717) is 37.3 Å². The lowest BCUT2D eigenvalue weighted by molar-refractivity contribution is -0.130. The van der Waals surface area contributed by atoms with Gasteiger partial charge in [-0.25, -0.2) is 0 Å². The molecule has 7 heteroatoms. The van der Waals surface area contributed by atoms with Crippen LogP contribution in [0.15, 0.2) is 48.7 Å². The van der Waals surface area contributed by atoms with Crippen LogP contribution in [0.4, 0.5) is 5.69 Å². The minimum atomic E-state index is -0.563. The Morgan fingerprint density at radius 2 is 1.74 bits per heavy atom. The van der Waals surface area contributed by atoms with Crippen LogP contribution in [0.1, 0.15) is 21.5 Å². The SMILES string of the molecule is Cc1cccc(NC(=O)Cn2cc(C(=O)C(=O)N3CCOCC3)c3ccccc32)c1C. The van der Waals surface area contributed by atoms with Gasteiger partial charge < -0.3 is 19.5 Å². The van der Waals surface area contributed by atoms with E-state index in [2.05, 4.69) is 5.32 Å². The standard InChI is InChI=1S/C24H25N3O4/c1-16-6-5-8-20(17(16)2)25-22(28)15-27-14-19(18-7-3-4-9-21(18)27)23(29)24(30)26-10-12-31-13-11-26/h3-9,14H,10-13,15H2,1-2H3,(H,25,28). The zero-order valence-electron chi connectivity index (χ0n) is 17.7. The number of carbonyl (C=O) groups excluding carboxylic acids is 3. The normalized spacial score (nSPS) is 13.9. The molecule has 31 heavy (non-hydrogen) atoms. The number of ether oxygens (including phenoxy) is 1. The number of benzene rings is 2. The molecule has 0 bridgehead atoms. The van der Waals surface area contributed by atoms with Crippen LogP contribution in [-0.2, 0) is 20.9 Å². The number of anilines is 1. The summed E-state index contributed by atoms with van der Waals surface area (Å²) in [5.74, 6) is -1.30. The number of Topliss-reactive ketones (excluding diaryl/α,β-unsaturated/α-hetero) is 1. The van der Waals surface area contributed by atoms with Crippen molar-refractivity contribution in [1.82, 2.24) is 9.47 Å². The van der Waals surface area contributed by atoms with E-state index in [1.54, 1.807) is 16.8 Å². The molecule has 0 saturated carbocycles. The van der Waals surface area contributed by atoms with E-state index in [1.807, 2.05) is 50.2 Å². The van der Waals surface area contributed by atoms with Gasteiger partial charge in [-0.1, -0.05) is 30.3 Å². The van der Waals surface area contributed by atoms with E-state index in [9.17, 15) is 14.4 Å². The molecule has 1 aliphatic rings. The lowest BCUT2D eigenvalue weighted by Crippen LogP contribution is -2.44. The number of aromatic nitrogens is 1. The van der Waals surface area contributed by atoms with E-state index in [1.165, 1.54) is 4.90 Å². The highest BCUT2D eigenvalue weighted by molar-refractivity contribution is 6.44. The lowest BCUT2D eigenvalue weighted by Gasteiger charge is -2.25. The molecule has 0 atom stereocenters. The van der Waals surface area contributed by atoms with E-state index >= 15 is 0 Å². The van der Waals surface area contributed by atoms with Gasteiger partial charge in [-0.2, -0.15) is 0 Å². The van der Waals surface area contributed by atoms with Gasteiger partial charge in [0.15, 0.2) is 0 Å². The lowest BCUT2D eigenvalue weighted by atomic mass is 10.1. The van der Waals surface area contributed by atoms with Crippen molar-refractivity contribution in [3.63, 3.8) is 0 Å². The maximum absolute atomic E-state index is 13.0. The van der Waals surface area contributed by atoms with Gasteiger partial charge in [-0.05, 0) is 37.1 Å². The summed E-state index contributed by atoms with van der Waals surface area (Å²) in [6, 6.07) is 13.1. The summed E-state index contributed by atoms with van der Waals surface area (Å²) in [5.41, 5.74) is 3.92. The summed E-state index contributed by atoms with van der Waals surface area (Å²) in [7, 11) is 0. The van der Waals surface area contributed by atoms with Crippen molar-refractivity contribution in [2.75, 3.05) is 31.6 Å². The summed E-state index contributed by atoms with van der Waals surface area (Å²) < 4.78 is 6.98. The molecule has 0 unspecified atom stereocenters. The maximum atomic E-state index is 13.0. The summed E-state index contributed by atoms with van der Waals surface area (Å²) in [6.07, 6.45) is 1.61. The molecule has 1 aliphatic heterocycles. The number of fused-ring (bicyclic) bond motifs is 1. The van der Waals surface area contributed by atoms with Gasteiger partial charge in [0.05, 0.1) is 18.8 Å². The number of aryl methyl sites for hydroxylation is 1. The van der Waals surface area contributed by atoms with E-state index in [4.69, 9.17) is 4.74 Å². The second-order valence-corrected chi connectivity index (χ2v) is 7.72. The van der Waals surface area contributed by atoms with Gasteiger partial charge in [0.1, 0.15) is 6.54 Å². The Labute approximate surface area is 180 Å². The average molecular weight is 419 g/mol. The summed E-state index contributed by atoms with van der Waals surface area (Å²) in [4.78, 5) is 40.0. The van der Waals surface area contributed by atoms with Gasteiger partial charge >= 0.3 is 0 Å². The Morgan fingerprint density at radius 3 is 2.52 bits per heavy atom. The Morgan fingerprint density at radius 1 is 1.00 bits per heavy atom. The number of para-hydroxylation sites is 1. The highest BCUT2D eigenvalue weighted by atomic mass is 16.5.